The van der Waals surface area contributed by atoms with Crippen molar-refractivity contribution >= 4 is 46.8 Å². The Bertz CT molecular complexity index is 1760. The second-order valence-electron chi connectivity index (χ2n) is 14.2. The van der Waals surface area contributed by atoms with E-state index in [0.29, 0.717) is 11.3 Å². The molecule has 1 aromatic rings. The summed E-state index contributed by atoms with van der Waals surface area (Å²) in [6.07, 6.45) is -0.944. The fraction of sp³-hybridized carbons (Fsp3) is 0.529. The maximum Gasteiger partial charge on any atom is 0.413 e. The van der Waals surface area contributed by atoms with Crippen LogP contribution >= 0.6 is 0 Å². The van der Waals surface area contributed by atoms with Crippen molar-refractivity contribution in [2.75, 3.05) is 51.7 Å². The minimum atomic E-state index is -2.81. The van der Waals surface area contributed by atoms with E-state index in [4.69, 9.17) is 15.2 Å². The largest absolute Gasteiger partial charge is 0.510 e. The molecular weight excluding hydrogens is 670 g/mol. The molecule has 7 N–H and O–H groups in total. The number of nitrogens with zero attached hydrogens (tertiary/aromatic N) is 3. The van der Waals surface area contributed by atoms with E-state index >= 15 is 0 Å². The molecule has 0 spiro atoms. The molecule has 0 aliphatic heterocycles. The first-order chi connectivity index (χ1) is 23.6. The number of hydrogen-bond acceptors (Lipinski definition) is 14. The monoisotopic (exact) mass is 715 g/mol. The van der Waals surface area contributed by atoms with Crippen LogP contribution in [0, 0.1) is 11.8 Å². The van der Waals surface area contributed by atoms with Crippen LogP contribution in [-0.4, -0.2) is 124 Å². The third-order valence-corrected chi connectivity index (χ3v) is 9.48. The summed E-state index contributed by atoms with van der Waals surface area (Å²) in [5, 5.41) is 48.5. The summed E-state index contributed by atoms with van der Waals surface area (Å²) >= 11 is 0. The molecule has 0 bridgehead atoms. The average Bonchev–Trinajstić information content (AvgIpc) is 3.01. The van der Waals surface area contributed by atoms with Gasteiger partial charge in [0.15, 0.2) is 17.1 Å². The van der Waals surface area contributed by atoms with Gasteiger partial charge in [0.25, 0.3) is 5.91 Å². The van der Waals surface area contributed by atoms with Gasteiger partial charge in [0, 0.05) is 43.2 Å². The van der Waals surface area contributed by atoms with Crippen molar-refractivity contribution < 1.29 is 58.7 Å². The van der Waals surface area contributed by atoms with Crippen LogP contribution in [0.4, 0.5) is 16.2 Å². The highest BCUT2D eigenvalue weighted by Gasteiger charge is 2.63. The van der Waals surface area contributed by atoms with Crippen LogP contribution in [0.2, 0.25) is 0 Å². The van der Waals surface area contributed by atoms with Crippen molar-refractivity contribution in [2.45, 2.75) is 64.1 Å². The second-order valence-corrected chi connectivity index (χ2v) is 14.2. The number of allylic oxidation sites excluding steroid dienone is 1. The number of phenols is 1. The number of amides is 3. The van der Waals surface area contributed by atoms with Crippen LogP contribution in [0.25, 0.3) is 0 Å². The summed E-state index contributed by atoms with van der Waals surface area (Å²) < 4.78 is 9.81. The van der Waals surface area contributed by atoms with Gasteiger partial charge in [-0.1, -0.05) is 6.92 Å². The maximum atomic E-state index is 14.3. The zero-order valence-corrected chi connectivity index (χ0v) is 29.8. The molecule has 3 aliphatic rings. The first kappa shape index (κ1) is 38.6. The summed E-state index contributed by atoms with van der Waals surface area (Å²) in [5.41, 5.74) is 0.615. The Morgan fingerprint density at radius 3 is 2.22 bits per heavy atom. The first-order valence-corrected chi connectivity index (χ1v) is 16.2. The third-order valence-electron chi connectivity index (χ3n) is 9.48. The Morgan fingerprint density at radius 1 is 1.06 bits per heavy atom. The number of primary amides is 1. The molecule has 0 saturated heterocycles. The number of anilines is 2. The Morgan fingerprint density at radius 2 is 1.69 bits per heavy atom. The smallest absolute Gasteiger partial charge is 0.413 e. The lowest BCUT2D eigenvalue weighted by atomic mass is 9.58. The molecule has 4 atom stereocenters. The minimum Gasteiger partial charge on any atom is -0.510 e. The zero-order valence-electron chi connectivity index (χ0n) is 29.8. The van der Waals surface area contributed by atoms with Gasteiger partial charge in [-0.2, -0.15) is 0 Å². The van der Waals surface area contributed by atoms with E-state index in [1.807, 2.05) is 0 Å². The van der Waals surface area contributed by atoms with Crippen LogP contribution in [-0.2, 0) is 35.1 Å². The number of fused-ring (bicyclic) bond motifs is 3. The number of carbonyl (C=O) groups is 6. The Hall–Kier alpha value is -5.16. The highest BCUT2D eigenvalue weighted by atomic mass is 16.7. The molecule has 17 heteroatoms. The Kier molecular flexibility index (Phi) is 10.5. The zero-order chi connectivity index (χ0) is 38.5. The predicted molar refractivity (Wildman–Crippen MR) is 181 cm³/mol. The molecule has 0 radical (unpaired) electrons. The standard InChI is InChI=1S/C34H45N5O12/c1-9-21(41)50-14-51-32(48)39(33(2,3)4)13-20(40)36-18-12-19(37(5)6)16-10-15-11-17-25(38(7)8)28(44)24(31(35)47)30(46)34(17,49)29(45)22(15)27(43)23(16)26(18)42/h12,15,17,25,42,44-45,49H,9-11,13-14H2,1-8H3,(H2,35,47)(H,36,40)/t15-,17-,25-,34-/m0/s1. The lowest BCUT2D eigenvalue weighted by molar-refractivity contribution is -0.152. The summed E-state index contributed by atoms with van der Waals surface area (Å²) in [6.45, 7) is 5.24. The van der Waals surface area contributed by atoms with Crippen LogP contribution < -0.4 is 16.0 Å². The number of aliphatic hydroxyl groups is 3. The molecule has 3 amide bonds. The average molecular weight is 716 g/mol. The van der Waals surface area contributed by atoms with Crippen molar-refractivity contribution in [1.29, 1.82) is 0 Å². The van der Waals surface area contributed by atoms with Crippen LogP contribution in [0.3, 0.4) is 0 Å². The van der Waals surface area contributed by atoms with Gasteiger partial charge in [-0.3, -0.25) is 33.8 Å². The van der Waals surface area contributed by atoms with Crippen LogP contribution in [0.1, 0.15) is 56.5 Å². The number of ketones is 2. The van der Waals surface area contributed by atoms with E-state index in [9.17, 15) is 49.2 Å². The van der Waals surface area contributed by atoms with Gasteiger partial charge in [0.1, 0.15) is 23.6 Å². The van der Waals surface area contributed by atoms with Gasteiger partial charge in [-0.05, 0) is 65.3 Å². The van der Waals surface area contributed by atoms with Crippen molar-refractivity contribution in [2.24, 2.45) is 17.6 Å². The second kappa shape index (κ2) is 13.9. The number of hydrogen-bond donors (Lipinski definition) is 6. The fourth-order valence-corrected chi connectivity index (χ4v) is 7.03. The topological polar surface area (TPSA) is 250 Å². The lowest BCUT2D eigenvalue weighted by Gasteiger charge is -2.50. The highest BCUT2D eigenvalue weighted by Crippen LogP contribution is 2.54. The molecule has 3 aliphatic carbocycles. The van der Waals surface area contributed by atoms with Crippen molar-refractivity contribution in [3.8, 4) is 5.75 Å². The van der Waals surface area contributed by atoms with Gasteiger partial charge < -0.3 is 45.9 Å². The molecule has 0 unspecified atom stereocenters. The van der Waals surface area contributed by atoms with E-state index in [1.54, 1.807) is 60.8 Å². The number of ether oxygens (including phenoxy) is 2. The molecular formula is C34H45N5O12. The molecule has 1 aromatic carbocycles. The third kappa shape index (κ3) is 6.70. The number of aliphatic hydroxyl groups excluding tert-OH is 2. The van der Waals surface area contributed by atoms with Crippen molar-refractivity contribution in [1.82, 2.24) is 9.80 Å². The van der Waals surface area contributed by atoms with Crippen LogP contribution in [0.15, 0.2) is 28.7 Å². The summed E-state index contributed by atoms with van der Waals surface area (Å²) in [4.78, 5) is 81.9. The molecule has 51 heavy (non-hydrogen) atoms. The molecule has 0 fully saturated rings. The number of esters is 1. The van der Waals surface area contributed by atoms with Gasteiger partial charge in [-0.15, -0.1) is 0 Å². The quantitative estimate of drug-likeness (QED) is 0.0912. The number of phenolic OH excluding ortho intramolecular Hbond substituents is 1. The SMILES string of the molecule is CCC(=O)OCOC(=O)N(CC(=O)Nc1cc(N(C)C)c2c(c1O)C(=O)C1=C(O)[C@]3(O)C(=O)C(C(N)=O)=C(O)[C@@H](N(C)C)[C@@H]3C[C@@H]1C2)C(C)(C)C. The fourth-order valence-electron chi connectivity index (χ4n) is 7.03. The summed E-state index contributed by atoms with van der Waals surface area (Å²) in [7, 11) is 6.42. The molecule has 278 valence electrons. The number of nitrogens with one attached hydrogen (secondary N) is 1. The van der Waals surface area contributed by atoms with E-state index in [1.165, 1.54) is 11.0 Å². The van der Waals surface area contributed by atoms with Crippen molar-refractivity contribution in [3.05, 3.63) is 39.9 Å². The number of carbonyl (C=O) groups excluding carboxylic acids is 6. The first-order valence-electron chi connectivity index (χ1n) is 16.2. The summed E-state index contributed by atoms with van der Waals surface area (Å²) in [6, 6.07) is 0.309. The van der Waals surface area contributed by atoms with Gasteiger partial charge in [0.2, 0.25) is 18.5 Å². The lowest BCUT2D eigenvalue weighted by Crippen LogP contribution is -2.63. The molecule has 0 heterocycles. The number of aromatic hydroxyl groups is 1. The van der Waals surface area contributed by atoms with Crippen molar-refractivity contribution in [3.63, 3.8) is 0 Å². The van der Waals surface area contributed by atoms with Gasteiger partial charge in [-0.25, -0.2) is 4.79 Å². The minimum absolute atomic E-state index is 0.0378. The Balaban J connectivity index is 1.75. The molecule has 4 rings (SSSR count). The van der Waals surface area contributed by atoms with E-state index in [2.05, 4.69) is 5.32 Å². The molecule has 0 aromatic heterocycles. The number of nitrogens with two attached hydrogens (primary N) is 1. The number of benzene rings is 1. The van der Waals surface area contributed by atoms with Crippen LogP contribution in [0.5, 0.6) is 5.75 Å². The Labute approximate surface area is 294 Å². The highest BCUT2D eigenvalue weighted by molar-refractivity contribution is 6.25. The number of rotatable bonds is 9. The van der Waals surface area contributed by atoms with E-state index in [-0.39, 0.29) is 36.1 Å². The number of likely N-dealkylation sites (N-methyl/N-ethyl adjacent to an activating group) is 1. The predicted octanol–water partition coefficient (Wildman–Crippen LogP) is 1.27. The van der Waals surface area contributed by atoms with Gasteiger partial charge in [0.05, 0.1) is 17.3 Å². The number of Topliss-reactive ketones (excluding diaryl/α,β-unsaturated/α-hetero) is 2. The summed E-state index contributed by atoms with van der Waals surface area (Å²) in [5.74, 6) is -9.35. The molecule has 17 nitrogen and oxygen atoms in total. The van der Waals surface area contributed by atoms with Gasteiger partial charge >= 0.3 is 12.1 Å². The maximum absolute atomic E-state index is 14.3. The van der Waals surface area contributed by atoms with E-state index < -0.39 is 101 Å². The van der Waals surface area contributed by atoms with E-state index in [0.717, 1.165) is 4.90 Å². The molecule has 0 saturated carbocycles. The normalized spacial score (nSPS) is 22.9.